The van der Waals surface area contributed by atoms with Gasteiger partial charge in [0, 0.05) is 32.7 Å². The van der Waals surface area contributed by atoms with Gasteiger partial charge in [-0.1, -0.05) is 6.92 Å². The third-order valence-electron chi connectivity index (χ3n) is 1.62. The van der Waals surface area contributed by atoms with E-state index in [4.69, 9.17) is 4.74 Å². The Morgan fingerprint density at radius 2 is 1.95 bits per heavy atom. The van der Waals surface area contributed by atoms with Crippen LogP contribution in [0.1, 0.15) is 27.2 Å². The third kappa shape index (κ3) is 17.3. The zero-order valence-corrected chi connectivity index (χ0v) is 14.4. The van der Waals surface area contributed by atoms with Crippen LogP contribution in [0, 0.1) is 6.92 Å². The van der Waals surface area contributed by atoms with Crippen molar-refractivity contribution in [3.05, 3.63) is 6.92 Å². The van der Waals surface area contributed by atoms with Crippen LogP contribution in [0.15, 0.2) is 0 Å². The maximum atomic E-state index is 11.0. The molecule has 0 bridgehead atoms. The molecule has 1 radical (unpaired) electrons. The van der Waals surface area contributed by atoms with Gasteiger partial charge in [0.15, 0.2) is 6.61 Å². The molecule has 0 spiro atoms. The molecule has 19 heavy (non-hydrogen) atoms. The molecule has 0 aromatic carbocycles. The van der Waals surface area contributed by atoms with Crippen molar-refractivity contribution < 1.29 is 56.6 Å². The van der Waals surface area contributed by atoms with Crippen LogP contribution in [0.3, 0.4) is 0 Å². The third-order valence-corrected chi connectivity index (χ3v) is 1.62. The first kappa shape index (κ1) is 23.4. The summed E-state index contributed by atoms with van der Waals surface area (Å²) in [7, 11) is 0. The Morgan fingerprint density at radius 1 is 1.37 bits per heavy atom. The minimum atomic E-state index is -0.816. The van der Waals surface area contributed by atoms with Crippen molar-refractivity contribution in [1.29, 1.82) is 0 Å². The number of esters is 1. The Balaban J connectivity index is -0.000000809. The quantitative estimate of drug-likeness (QED) is 0.230. The predicted molar refractivity (Wildman–Crippen MR) is 65.1 cm³/mol. The van der Waals surface area contributed by atoms with E-state index in [0.29, 0.717) is 6.42 Å². The van der Waals surface area contributed by atoms with Crippen LogP contribution in [0.4, 0.5) is 4.79 Å². The van der Waals surface area contributed by atoms with Crippen molar-refractivity contribution in [1.82, 2.24) is 10.6 Å². The van der Waals surface area contributed by atoms with E-state index in [1.807, 2.05) is 6.92 Å². The summed E-state index contributed by atoms with van der Waals surface area (Å²) in [6, 6.07) is 0. The maximum Gasteiger partial charge on any atom is 0.409 e. The molecule has 7 nitrogen and oxygen atoms in total. The summed E-state index contributed by atoms with van der Waals surface area (Å²) in [6.45, 7) is 8.04. The molecule has 109 valence electrons. The van der Waals surface area contributed by atoms with Gasteiger partial charge in [-0.25, -0.2) is 9.59 Å². The fourth-order valence-electron chi connectivity index (χ4n) is 0.670. The number of ether oxygens (including phenoxy) is 2. The summed E-state index contributed by atoms with van der Waals surface area (Å²) in [5.74, 6) is -0.612. The van der Waals surface area contributed by atoms with Crippen molar-refractivity contribution in [3.63, 3.8) is 0 Å². The molecule has 0 fully saturated rings. The number of carbonyl (C=O) groups is 2. The van der Waals surface area contributed by atoms with Gasteiger partial charge in [0.25, 0.3) is 0 Å². The second-order valence-corrected chi connectivity index (χ2v) is 2.92. The van der Waals surface area contributed by atoms with Gasteiger partial charge in [-0.15, -0.1) is 0 Å². The second kappa shape index (κ2) is 17.3. The first-order valence-corrected chi connectivity index (χ1v) is 5.51. The van der Waals surface area contributed by atoms with Crippen LogP contribution >= 0.6 is 0 Å². The molecule has 1 atom stereocenters. The summed E-state index contributed by atoms with van der Waals surface area (Å²) < 4.78 is 9.36. The molecular weight excluding hydrogens is 329 g/mol. The minimum Gasteiger partial charge on any atom is -0.520 e. The number of amides is 2. The fraction of sp³-hybridized carbons (Fsp3) is 0.636. The van der Waals surface area contributed by atoms with Gasteiger partial charge >= 0.3 is 12.1 Å². The molecular formula is C11H20N2O5Y-2. The minimum absolute atomic E-state index is 0. The van der Waals surface area contributed by atoms with E-state index >= 15 is 0 Å². The fourth-order valence-corrected chi connectivity index (χ4v) is 0.670. The normalized spacial score (nSPS) is 9.68. The number of nitrogens with one attached hydrogen (secondary N) is 2. The molecule has 0 aliphatic rings. The SMILES string of the molecule is CCC(C)OC(=O)COC(=O)NCN[C-]=O.[CH2-]C.[Y]. The van der Waals surface area contributed by atoms with Crippen LogP contribution in [0.5, 0.6) is 0 Å². The predicted octanol–water partition coefficient (Wildman–Crippen LogP) is 0.506. The van der Waals surface area contributed by atoms with E-state index in [2.05, 4.69) is 22.3 Å². The molecule has 8 heteroatoms. The Morgan fingerprint density at radius 3 is 2.42 bits per heavy atom. The van der Waals surface area contributed by atoms with E-state index in [9.17, 15) is 14.4 Å². The van der Waals surface area contributed by atoms with Gasteiger partial charge in [0.2, 0.25) is 0 Å². The van der Waals surface area contributed by atoms with Gasteiger partial charge in [-0.2, -0.15) is 13.3 Å². The average molecular weight is 349 g/mol. The molecule has 0 aliphatic heterocycles. The van der Waals surface area contributed by atoms with E-state index in [1.165, 1.54) is 6.41 Å². The maximum absolute atomic E-state index is 11.0. The van der Waals surface area contributed by atoms with E-state index in [0.717, 1.165) is 0 Å². The standard InChI is InChI=1S/C9H15N2O5.C2H5.Y/c1-3-7(2)16-8(13)4-15-9(14)11-5-10-6-12;1-2;/h7H,3-5H2,1-2H3,(H,10,12)(H,11,14);1H2,2H3;/q2*-1;. The molecule has 0 saturated carbocycles. The molecule has 0 aromatic rings. The monoisotopic (exact) mass is 349 g/mol. The van der Waals surface area contributed by atoms with Gasteiger partial charge in [-0.05, 0) is 13.3 Å². The van der Waals surface area contributed by atoms with Crippen molar-refractivity contribution in [2.45, 2.75) is 33.3 Å². The Labute approximate surface area is 139 Å². The van der Waals surface area contributed by atoms with Crippen molar-refractivity contribution in [2.75, 3.05) is 13.3 Å². The summed E-state index contributed by atoms with van der Waals surface area (Å²) in [5.41, 5.74) is 0. The molecule has 0 rings (SSSR count). The van der Waals surface area contributed by atoms with Gasteiger partial charge in [0.1, 0.15) is 0 Å². The van der Waals surface area contributed by atoms with Crippen LogP contribution in [0.2, 0.25) is 0 Å². The topological polar surface area (TPSA) is 93.7 Å². The molecule has 2 amide bonds. The molecule has 0 saturated heterocycles. The smallest absolute Gasteiger partial charge is 0.409 e. The van der Waals surface area contributed by atoms with Crippen molar-refractivity contribution in [3.8, 4) is 0 Å². The number of carbonyl (C=O) groups excluding carboxylic acids is 3. The Kier molecular flexibility index (Phi) is 21.3. The molecule has 0 heterocycles. The first-order chi connectivity index (χ1) is 8.60. The average Bonchev–Trinajstić information content (AvgIpc) is 2.39. The van der Waals surface area contributed by atoms with Gasteiger partial charge in [0.05, 0.1) is 12.8 Å². The van der Waals surface area contributed by atoms with E-state index < -0.39 is 18.7 Å². The molecule has 0 aliphatic carbocycles. The van der Waals surface area contributed by atoms with E-state index in [-0.39, 0.29) is 45.5 Å². The van der Waals surface area contributed by atoms with Crippen LogP contribution in [-0.4, -0.2) is 37.9 Å². The van der Waals surface area contributed by atoms with E-state index in [1.54, 1.807) is 13.8 Å². The summed E-state index contributed by atoms with van der Waals surface area (Å²) in [5, 5.41) is 4.24. The zero-order chi connectivity index (χ0) is 14.4. The second-order valence-electron chi connectivity index (χ2n) is 2.92. The first-order valence-electron chi connectivity index (χ1n) is 5.51. The summed E-state index contributed by atoms with van der Waals surface area (Å²) in [4.78, 5) is 31.6. The summed E-state index contributed by atoms with van der Waals surface area (Å²) in [6.07, 6.45) is 1.03. The van der Waals surface area contributed by atoms with Crippen molar-refractivity contribution in [2.24, 2.45) is 0 Å². The summed E-state index contributed by atoms with van der Waals surface area (Å²) >= 11 is 0. The van der Waals surface area contributed by atoms with Gasteiger partial charge in [-0.3, -0.25) is 0 Å². The van der Waals surface area contributed by atoms with Crippen LogP contribution < -0.4 is 10.6 Å². The molecule has 0 aromatic heterocycles. The Hall–Kier alpha value is -0.686. The largest absolute Gasteiger partial charge is 0.520 e. The van der Waals surface area contributed by atoms with Gasteiger partial charge < -0.3 is 31.8 Å². The number of hydrogen-bond donors (Lipinski definition) is 2. The number of hydrogen-bond acceptors (Lipinski definition) is 5. The Bertz CT molecular complexity index is 251. The molecule has 1 unspecified atom stereocenters. The van der Waals surface area contributed by atoms with Crippen molar-refractivity contribution >= 4 is 18.5 Å². The molecule has 2 N–H and O–H groups in total. The number of alkyl carbamates (subject to hydrolysis) is 1. The van der Waals surface area contributed by atoms with Crippen LogP contribution in [0.25, 0.3) is 0 Å². The zero-order valence-electron chi connectivity index (χ0n) is 11.5. The number of rotatable bonds is 7. The van der Waals surface area contributed by atoms with Crippen LogP contribution in [-0.2, 0) is 51.8 Å².